The number of hydrogen-bond donors (Lipinski definition) is 2. The van der Waals surface area contributed by atoms with Crippen molar-refractivity contribution in [3.63, 3.8) is 0 Å². The number of benzene rings is 3. The van der Waals surface area contributed by atoms with Gasteiger partial charge in [-0.2, -0.15) is 8.78 Å². The van der Waals surface area contributed by atoms with Crippen LogP contribution in [-0.4, -0.2) is 51.5 Å². The van der Waals surface area contributed by atoms with Crippen molar-refractivity contribution >= 4 is 45.6 Å². The van der Waals surface area contributed by atoms with E-state index in [0.29, 0.717) is 57.7 Å². The van der Waals surface area contributed by atoms with Crippen LogP contribution in [-0.2, 0) is 19.6 Å². The Bertz CT molecular complexity index is 2080. The maximum Gasteiger partial charge on any atom is 0.387 e. The minimum Gasteiger partial charge on any atom is -0.436 e. The number of alkyl halides is 4. The van der Waals surface area contributed by atoms with Crippen LogP contribution >= 0.6 is 22.9 Å². The van der Waals surface area contributed by atoms with Crippen molar-refractivity contribution in [1.82, 2.24) is 14.9 Å². The van der Waals surface area contributed by atoms with E-state index >= 15 is 0 Å². The van der Waals surface area contributed by atoms with E-state index in [1.54, 1.807) is 12.1 Å². The Morgan fingerprint density at radius 1 is 1.14 bits per heavy atom. The van der Waals surface area contributed by atoms with Gasteiger partial charge in [-0.3, -0.25) is 9.69 Å². The summed E-state index contributed by atoms with van der Waals surface area (Å²) in [7, 11) is 0. The predicted octanol–water partition coefficient (Wildman–Crippen LogP) is 9.50. The van der Waals surface area contributed by atoms with Gasteiger partial charge in [0.25, 0.3) is 5.91 Å². The highest BCUT2D eigenvalue weighted by molar-refractivity contribution is 7.13. The molecule has 0 saturated heterocycles. The zero-order valence-electron chi connectivity index (χ0n) is 27.7. The Morgan fingerprint density at radius 3 is 2.65 bits per heavy atom. The third-order valence-electron chi connectivity index (χ3n) is 9.75. The molecule has 268 valence electrons. The molecule has 0 unspecified atom stereocenters. The Hall–Kier alpha value is -4.04. The van der Waals surface area contributed by atoms with Crippen LogP contribution in [0.15, 0.2) is 52.9 Å². The average Bonchev–Trinajstić information content (AvgIpc) is 3.72. The van der Waals surface area contributed by atoms with Gasteiger partial charge in [0.2, 0.25) is 11.8 Å². The van der Waals surface area contributed by atoms with Crippen LogP contribution in [0.1, 0.15) is 63.6 Å². The molecule has 2 N–H and O–H groups in total. The van der Waals surface area contributed by atoms with Crippen LogP contribution < -0.4 is 10.1 Å². The second kappa shape index (κ2) is 14.5. The molecule has 3 aromatic carbocycles. The molecule has 5 aromatic rings. The Balaban J connectivity index is 1.06. The molecule has 1 fully saturated rings. The number of carbonyl (C=O) groups is 1. The summed E-state index contributed by atoms with van der Waals surface area (Å²) >= 11 is 8.29. The summed E-state index contributed by atoms with van der Waals surface area (Å²) in [6, 6.07) is 13.6. The summed E-state index contributed by atoms with van der Waals surface area (Å²) in [6.45, 7) is 0.588. The maximum atomic E-state index is 13.5. The van der Waals surface area contributed by atoms with Crippen molar-refractivity contribution in [3.8, 4) is 28.3 Å². The number of anilines is 1. The van der Waals surface area contributed by atoms with Gasteiger partial charge >= 0.3 is 6.61 Å². The molecule has 0 bridgehead atoms. The molecule has 1 saturated carbocycles. The van der Waals surface area contributed by atoms with E-state index in [-0.39, 0.29) is 41.5 Å². The fourth-order valence-corrected chi connectivity index (χ4v) is 8.14. The fraction of sp³-hybridized carbons (Fsp3) is 0.378. The third-order valence-corrected chi connectivity index (χ3v) is 11.3. The largest absolute Gasteiger partial charge is 0.436 e. The van der Waals surface area contributed by atoms with Crippen LogP contribution in [0.5, 0.6) is 5.75 Å². The van der Waals surface area contributed by atoms with Gasteiger partial charge in [-0.25, -0.2) is 18.7 Å². The predicted molar refractivity (Wildman–Crippen MR) is 188 cm³/mol. The number of nitrogens with one attached hydrogen (secondary N) is 1. The van der Waals surface area contributed by atoms with E-state index in [1.165, 1.54) is 23.5 Å². The number of thiazole rings is 1. The van der Waals surface area contributed by atoms with Crippen LogP contribution in [0, 0.1) is 12.8 Å². The van der Waals surface area contributed by atoms with Crippen molar-refractivity contribution in [3.05, 3.63) is 80.3 Å². The number of aromatic nitrogens is 2. The number of aliphatic hydroxyl groups is 1. The average molecular weight is 743 g/mol. The van der Waals surface area contributed by atoms with Gasteiger partial charge in [0, 0.05) is 53.6 Å². The smallest absolute Gasteiger partial charge is 0.387 e. The molecule has 0 radical (unpaired) electrons. The summed E-state index contributed by atoms with van der Waals surface area (Å²) in [5.74, 6) is -2.51. The van der Waals surface area contributed by atoms with Crippen LogP contribution in [0.4, 0.5) is 23.2 Å². The fourth-order valence-electron chi connectivity index (χ4n) is 6.91. The second-order valence-corrected chi connectivity index (χ2v) is 14.5. The molecule has 2 aliphatic rings. The Morgan fingerprint density at radius 2 is 1.88 bits per heavy atom. The second-order valence-electron chi connectivity index (χ2n) is 13.1. The van der Waals surface area contributed by atoms with Crippen LogP contribution in [0.2, 0.25) is 5.02 Å². The van der Waals surface area contributed by atoms with Crippen molar-refractivity contribution in [1.29, 1.82) is 0 Å². The number of amides is 1. The minimum absolute atomic E-state index is 0.0232. The number of hydrogen-bond acceptors (Lipinski definition) is 8. The molecule has 51 heavy (non-hydrogen) atoms. The van der Waals surface area contributed by atoms with Gasteiger partial charge in [-0.15, -0.1) is 11.3 Å². The topological polar surface area (TPSA) is 101 Å². The Kier molecular flexibility index (Phi) is 10.1. The molecule has 3 heterocycles. The number of nitrogens with zero attached hydrogens (tertiary/aromatic N) is 3. The molecule has 8 nitrogen and oxygen atoms in total. The lowest BCUT2D eigenvalue weighted by Gasteiger charge is -2.31. The van der Waals surface area contributed by atoms with Crippen molar-refractivity contribution in [2.75, 3.05) is 18.4 Å². The monoisotopic (exact) mass is 742 g/mol. The third kappa shape index (κ3) is 7.62. The van der Waals surface area contributed by atoms with Crippen LogP contribution in [0.3, 0.4) is 0 Å². The lowest BCUT2D eigenvalue weighted by Crippen LogP contribution is -2.33. The first kappa shape index (κ1) is 35.4. The van der Waals surface area contributed by atoms with Gasteiger partial charge in [0.1, 0.15) is 11.3 Å². The van der Waals surface area contributed by atoms with E-state index in [0.717, 1.165) is 47.6 Å². The zero-order valence-corrected chi connectivity index (χ0v) is 29.2. The van der Waals surface area contributed by atoms with E-state index in [4.69, 9.17) is 16.0 Å². The number of oxazole rings is 1. The number of aliphatic hydroxyl groups excluding tert-OH is 1. The molecule has 0 atom stereocenters. The highest BCUT2D eigenvalue weighted by Gasteiger charge is 2.35. The molecule has 1 aliphatic heterocycles. The highest BCUT2D eigenvalue weighted by Crippen LogP contribution is 2.41. The summed E-state index contributed by atoms with van der Waals surface area (Å²) in [5.41, 5.74) is 4.88. The molecule has 14 heteroatoms. The molecule has 2 aromatic heterocycles. The maximum absolute atomic E-state index is 13.5. The summed E-state index contributed by atoms with van der Waals surface area (Å²) < 4.78 is 63.5. The molecule has 1 aliphatic carbocycles. The molecule has 0 spiro atoms. The van der Waals surface area contributed by atoms with Crippen LogP contribution in [0.25, 0.3) is 33.7 Å². The number of fused-ring (bicyclic) bond motifs is 2. The van der Waals surface area contributed by atoms with Gasteiger partial charge in [-0.1, -0.05) is 35.9 Å². The normalized spacial score (nSPS) is 16.5. The number of carbonyl (C=O) groups excluding carboxylic acids is 1. The number of halogens is 5. The standard InChI is InChI=1S/C37H35ClF4N4O4S/c1-20-23(4-2-5-24(20)34-44-27-16-22(19-47)29(50-36(39)40)17-30(27)49-34)25-6-3-7-26(32(25)38)43-33(48)35-45-28-18-46(15-11-31(28)51-35)14-10-21-8-12-37(41,42)13-9-21/h2-7,16-17,21,36,47H,8-15,18-19H2,1H3,(H,43,48). The van der Waals surface area contributed by atoms with Crippen molar-refractivity contribution in [2.45, 2.75) is 71.1 Å². The first-order valence-corrected chi connectivity index (χ1v) is 18.0. The summed E-state index contributed by atoms with van der Waals surface area (Å²) in [4.78, 5) is 26.0. The van der Waals surface area contributed by atoms with Crippen molar-refractivity contribution < 1.29 is 36.6 Å². The number of ether oxygens (including phenoxy) is 1. The molecule has 7 rings (SSSR count). The van der Waals surface area contributed by atoms with E-state index < -0.39 is 19.1 Å². The van der Waals surface area contributed by atoms with E-state index in [9.17, 15) is 27.5 Å². The first-order chi connectivity index (χ1) is 24.5. The molecular formula is C37H35ClF4N4O4S. The van der Waals surface area contributed by atoms with Gasteiger partial charge < -0.3 is 19.6 Å². The molecular weight excluding hydrogens is 708 g/mol. The minimum atomic E-state index is -3.07. The SMILES string of the molecule is Cc1c(-c2nc3cc(CO)c(OC(F)F)cc3o2)cccc1-c1cccc(NC(=O)c2nc3c(s2)CCN(CCC2CCC(F)(F)CC2)C3)c1Cl. The van der Waals surface area contributed by atoms with E-state index in [2.05, 4.69) is 24.9 Å². The lowest BCUT2D eigenvalue weighted by molar-refractivity contribution is -0.0509. The number of rotatable bonds is 10. The van der Waals surface area contributed by atoms with Gasteiger partial charge in [-0.05, 0) is 74.4 Å². The Labute approximate surface area is 300 Å². The van der Waals surface area contributed by atoms with E-state index in [1.807, 2.05) is 31.2 Å². The summed E-state index contributed by atoms with van der Waals surface area (Å²) in [5, 5.41) is 13.3. The molecule has 1 amide bonds. The summed E-state index contributed by atoms with van der Waals surface area (Å²) in [6.07, 6.45) is 2.76. The van der Waals surface area contributed by atoms with Gasteiger partial charge in [0.05, 0.1) is 23.0 Å². The van der Waals surface area contributed by atoms with Gasteiger partial charge in [0.15, 0.2) is 10.6 Å². The lowest BCUT2D eigenvalue weighted by atomic mass is 9.84. The zero-order chi connectivity index (χ0) is 35.9. The first-order valence-electron chi connectivity index (χ1n) is 16.8. The quantitative estimate of drug-likeness (QED) is 0.138. The highest BCUT2D eigenvalue weighted by atomic mass is 35.5. The van der Waals surface area contributed by atoms with Crippen molar-refractivity contribution in [2.24, 2.45) is 5.92 Å².